The number of anilines is 1. The number of thiocarbonyl (C=S) groups is 1. The van der Waals surface area contributed by atoms with Gasteiger partial charge in [0.2, 0.25) is 0 Å². The van der Waals surface area contributed by atoms with Gasteiger partial charge < -0.3 is 9.47 Å². The Morgan fingerprint density at radius 1 is 0.950 bits per heavy atom. The summed E-state index contributed by atoms with van der Waals surface area (Å²) >= 11 is 6.65. The molecule has 1 aromatic heterocycles. The summed E-state index contributed by atoms with van der Waals surface area (Å²) in [5.41, 5.74) is 3.25. The number of benzene rings is 3. The highest BCUT2D eigenvalue weighted by molar-refractivity contribution is 8.27. The summed E-state index contributed by atoms with van der Waals surface area (Å²) in [7, 11) is 3.23. The minimum Gasteiger partial charge on any atom is -0.493 e. The third-order valence-electron chi connectivity index (χ3n) is 6.52. The summed E-state index contributed by atoms with van der Waals surface area (Å²) in [6.07, 6.45) is 1.67. The molecule has 0 radical (unpaired) electrons. The van der Waals surface area contributed by atoms with Gasteiger partial charge in [-0.2, -0.15) is 0 Å². The number of carbonyl (C=O) groups is 2. The van der Waals surface area contributed by atoms with Gasteiger partial charge >= 0.3 is 5.97 Å². The van der Waals surface area contributed by atoms with E-state index in [2.05, 4.69) is 0 Å². The zero-order valence-electron chi connectivity index (χ0n) is 22.2. The second-order valence-corrected chi connectivity index (χ2v) is 10.8. The van der Waals surface area contributed by atoms with E-state index in [9.17, 15) is 14.4 Å². The first-order valence-corrected chi connectivity index (χ1v) is 13.5. The van der Waals surface area contributed by atoms with Gasteiger partial charge in [0.25, 0.3) is 11.5 Å². The van der Waals surface area contributed by atoms with Crippen molar-refractivity contribution in [3.63, 3.8) is 0 Å². The lowest BCUT2D eigenvalue weighted by atomic mass is 10.1. The Hall–Kier alpha value is -4.41. The average molecular weight is 572 g/mol. The topological polar surface area (TPSA) is 82.8 Å². The van der Waals surface area contributed by atoms with Crippen molar-refractivity contribution >= 4 is 51.9 Å². The normalized spacial score (nSPS) is 14.2. The van der Waals surface area contributed by atoms with Gasteiger partial charge in [0.15, 0.2) is 15.8 Å². The molecule has 1 amide bonds. The highest BCUT2D eigenvalue weighted by atomic mass is 32.2. The Balaban J connectivity index is 1.43. The van der Waals surface area contributed by atoms with Crippen molar-refractivity contribution in [1.82, 2.24) is 9.36 Å². The Bertz CT molecular complexity index is 1740. The second-order valence-electron chi connectivity index (χ2n) is 9.09. The third-order valence-corrected chi connectivity index (χ3v) is 7.82. The van der Waals surface area contributed by atoms with Crippen LogP contribution in [0.3, 0.4) is 0 Å². The van der Waals surface area contributed by atoms with E-state index < -0.39 is 11.9 Å². The summed E-state index contributed by atoms with van der Waals surface area (Å²) < 4.78 is 14.5. The molecule has 0 saturated carbocycles. The number of esters is 1. The predicted molar refractivity (Wildman–Crippen MR) is 161 cm³/mol. The number of nitrogens with zero attached hydrogens (tertiary/aromatic N) is 3. The summed E-state index contributed by atoms with van der Waals surface area (Å²) in [5, 5.41) is 0. The largest absolute Gasteiger partial charge is 0.493 e. The summed E-state index contributed by atoms with van der Waals surface area (Å²) in [6.45, 7) is 3.71. The predicted octanol–water partition coefficient (Wildman–Crippen LogP) is 5.43. The van der Waals surface area contributed by atoms with Crippen LogP contribution in [-0.4, -0.2) is 32.7 Å². The second kappa shape index (κ2) is 11.0. The van der Waals surface area contributed by atoms with Gasteiger partial charge in [-0.3, -0.25) is 19.2 Å². The van der Waals surface area contributed by atoms with Crippen LogP contribution in [-0.2, 0) is 11.8 Å². The molecule has 3 aromatic carbocycles. The molecule has 1 aliphatic rings. The van der Waals surface area contributed by atoms with E-state index in [1.807, 2.05) is 49.4 Å². The molecule has 5 rings (SSSR count). The number of rotatable bonds is 6. The first-order valence-electron chi connectivity index (χ1n) is 12.3. The Kier molecular flexibility index (Phi) is 7.46. The number of methoxy groups -OCH3 is 1. The van der Waals surface area contributed by atoms with E-state index >= 15 is 0 Å². The van der Waals surface area contributed by atoms with Crippen LogP contribution >= 0.6 is 24.0 Å². The quantitative estimate of drug-likeness (QED) is 0.132. The van der Waals surface area contributed by atoms with Crippen molar-refractivity contribution in [2.45, 2.75) is 13.8 Å². The molecule has 0 aliphatic carbocycles. The van der Waals surface area contributed by atoms with Gasteiger partial charge in [0.05, 0.1) is 29.0 Å². The van der Waals surface area contributed by atoms with Crippen LogP contribution in [0.1, 0.15) is 27.2 Å². The lowest BCUT2D eigenvalue weighted by Crippen LogP contribution is -2.33. The van der Waals surface area contributed by atoms with E-state index in [0.29, 0.717) is 33.2 Å². The molecule has 0 bridgehead atoms. The van der Waals surface area contributed by atoms with Crippen molar-refractivity contribution in [3.8, 4) is 17.2 Å². The first kappa shape index (κ1) is 27.2. The van der Waals surface area contributed by atoms with Crippen molar-refractivity contribution < 1.29 is 19.1 Å². The molecular formula is C30H25N3O5S2. The molecule has 0 unspecified atom stereocenters. The minimum atomic E-state index is -0.508. The molecule has 1 fully saturated rings. The number of hydrogen-bond acceptors (Lipinski definition) is 7. The number of aromatic nitrogens is 2. The third kappa shape index (κ3) is 4.99. The fourth-order valence-corrected chi connectivity index (χ4v) is 5.60. The van der Waals surface area contributed by atoms with Gasteiger partial charge in [-0.05, 0) is 61.9 Å². The van der Waals surface area contributed by atoms with Crippen LogP contribution in [0.15, 0.2) is 82.5 Å². The van der Waals surface area contributed by atoms with Crippen LogP contribution in [0.5, 0.6) is 11.5 Å². The van der Waals surface area contributed by atoms with Gasteiger partial charge in [0, 0.05) is 7.05 Å². The monoisotopic (exact) mass is 571 g/mol. The molecule has 8 nitrogen and oxygen atoms in total. The molecule has 1 saturated heterocycles. The van der Waals surface area contributed by atoms with Crippen LogP contribution in [0.25, 0.3) is 11.8 Å². The van der Waals surface area contributed by atoms with E-state index in [1.165, 1.54) is 16.7 Å². The van der Waals surface area contributed by atoms with Gasteiger partial charge in [-0.15, -0.1) is 0 Å². The maximum Gasteiger partial charge on any atom is 0.343 e. The number of amides is 1. The van der Waals surface area contributed by atoms with Gasteiger partial charge in [-0.1, -0.05) is 65.9 Å². The van der Waals surface area contributed by atoms with E-state index in [-0.39, 0.29) is 21.3 Å². The molecule has 0 spiro atoms. The molecule has 4 aromatic rings. The highest BCUT2D eigenvalue weighted by Crippen LogP contribution is 2.37. The van der Waals surface area contributed by atoms with Crippen molar-refractivity contribution in [2.75, 3.05) is 12.0 Å². The minimum absolute atomic E-state index is 0.216. The maximum absolute atomic E-state index is 13.5. The number of hydrogen-bond donors (Lipinski definition) is 0. The van der Waals surface area contributed by atoms with Gasteiger partial charge in [0.1, 0.15) is 5.69 Å². The zero-order valence-corrected chi connectivity index (χ0v) is 23.8. The Labute approximate surface area is 240 Å². The van der Waals surface area contributed by atoms with Crippen LogP contribution in [0, 0.1) is 13.8 Å². The van der Waals surface area contributed by atoms with Gasteiger partial charge in [-0.25, -0.2) is 9.48 Å². The first-order chi connectivity index (χ1) is 19.2. The van der Waals surface area contributed by atoms with E-state index in [0.717, 1.165) is 17.3 Å². The summed E-state index contributed by atoms with van der Waals surface area (Å²) in [4.78, 5) is 41.2. The Morgan fingerprint density at radius 2 is 1.65 bits per heavy atom. The van der Waals surface area contributed by atoms with Crippen LogP contribution in [0.2, 0.25) is 0 Å². The highest BCUT2D eigenvalue weighted by Gasteiger charge is 2.37. The van der Waals surface area contributed by atoms with Crippen LogP contribution in [0.4, 0.5) is 5.69 Å². The lowest BCUT2D eigenvalue weighted by Gasteiger charge is -2.12. The number of ether oxygens (including phenoxy) is 2. The van der Waals surface area contributed by atoms with Crippen molar-refractivity contribution in [3.05, 3.63) is 110 Å². The van der Waals surface area contributed by atoms with Crippen LogP contribution < -0.4 is 19.9 Å². The molecule has 202 valence electrons. The number of thioether (sulfide) groups is 1. The summed E-state index contributed by atoms with van der Waals surface area (Å²) in [6, 6.07) is 21.3. The lowest BCUT2D eigenvalue weighted by molar-refractivity contribution is -0.113. The smallest absolute Gasteiger partial charge is 0.343 e. The maximum atomic E-state index is 13.5. The fraction of sp³-hybridized carbons (Fsp3) is 0.133. The average Bonchev–Trinajstić information content (AvgIpc) is 3.34. The fourth-order valence-electron chi connectivity index (χ4n) is 4.33. The molecular weight excluding hydrogens is 546 g/mol. The summed E-state index contributed by atoms with van der Waals surface area (Å²) in [5.74, 6) is -0.324. The SMILES string of the molecule is COc1cc(/C=C2\SC(=S)N(c3c(C)n(C)n(-c4ccccc4)c3=O)C2=O)ccc1OC(=O)c1ccc(C)cc1. The molecule has 10 heteroatoms. The van der Waals surface area contributed by atoms with E-state index in [1.54, 1.807) is 55.1 Å². The molecule has 0 atom stereocenters. The number of carbonyl (C=O) groups excluding carboxylic acids is 2. The Morgan fingerprint density at radius 3 is 2.33 bits per heavy atom. The number of para-hydroxylation sites is 1. The molecule has 1 aliphatic heterocycles. The molecule has 2 heterocycles. The number of aryl methyl sites for hydroxylation is 1. The molecule has 40 heavy (non-hydrogen) atoms. The standard InChI is InChI=1S/C30H25N3O5S2/c1-18-10-13-21(14-11-18)29(36)38-23-15-12-20(16-24(23)37-4)17-25-27(34)32(30(39)40-25)26-19(2)31(3)33(28(26)35)22-8-6-5-7-9-22/h5-17H,1-4H3/b25-17-. The van der Waals surface area contributed by atoms with E-state index in [4.69, 9.17) is 21.7 Å². The van der Waals surface area contributed by atoms with Crippen molar-refractivity contribution in [1.29, 1.82) is 0 Å². The van der Waals surface area contributed by atoms with Crippen molar-refractivity contribution in [2.24, 2.45) is 7.05 Å². The zero-order chi connectivity index (χ0) is 28.6. The molecule has 0 N–H and O–H groups in total.